The number of hydrogen-bond donors (Lipinski definition) is 2. The Morgan fingerprint density at radius 3 is 2.77 bits per heavy atom. The number of aliphatic hydroxyl groups excluding tert-OH is 1. The first-order valence-electron chi connectivity index (χ1n) is 12.5. The van der Waals surface area contributed by atoms with Gasteiger partial charge in [-0.05, 0) is 105 Å². The van der Waals surface area contributed by atoms with E-state index in [1.165, 1.54) is 5.56 Å². The van der Waals surface area contributed by atoms with Crippen LogP contribution < -0.4 is 4.74 Å². The molecule has 1 fully saturated rings. The van der Waals surface area contributed by atoms with Crippen molar-refractivity contribution in [2.24, 2.45) is 11.8 Å². The minimum absolute atomic E-state index is 0.101. The number of aliphatic hydroxyl groups is 1. The molecule has 7 nitrogen and oxygen atoms in total. The fraction of sp³-hybridized carbons (Fsp3) is 0.464. The summed E-state index contributed by atoms with van der Waals surface area (Å²) in [5, 5.41) is 21.5. The highest BCUT2D eigenvalue weighted by atomic mass is 16.5. The summed E-state index contributed by atoms with van der Waals surface area (Å²) < 4.78 is 5.35. The van der Waals surface area contributed by atoms with Gasteiger partial charge in [0, 0.05) is 36.9 Å². The van der Waals surface area contributed by atoms with E-state index in [-0.39, 0.29) is 12.3 Å². The summed E-state index contributed by atoms with van der Waals surface area (Å²) in [4.78, 5) is 22.5. The first-order chi connectivity index (χ1) is 17.0. The van der Waals surface area contributed by atoms with Crippen LogP contribution in [-0.2, 0) is 11.2 Å². The standard InChI is InChI=1S/C28H35N3O4/c1-35-23-5-6-26-25(18-23)24(10-14-30-26)27(32)7-4-21-11-16-31(19-22(21)17-28(33)34)15-2-3-20-8-12-29-13-9-20/h5-6,8-10,12-14,18,21-22,27,32H,2-4,7,11,15-17,19H2,1H3,(H,33,34)/t21-,22+,27+/m1/s1. The number of aliphatic carboxylic acids is 1. The highest BCUT2D eigenvalue weighted by molar-refractivity contribution is 5.83. The van der Waals surface area contributed by atoms with Gasteiger partial charge in [0.1, 0.15) is 5.75 Å². The molecule has 1 aliphatic rings. The number of hydrogen-bond acceptors (Lipinski definition) is 6. The number of benzene rings is 1. The average Bonchev–Trinajstić information content (AvgIpc) is 2.87. The lowest BCUT2D eigenvalue weighted by atomic mass is 9.79. The molecule has 0 radical (unpaired) electrons. The number of carboxylic acid groups (broad SMARTS) is 1. The van der Waals surface area contributed by atoms with E-state index >= 15 is 0 Å². The molecule has 2 aromatic heterocycles. The van der Waals surface area contributed by atoms with Crippen molar-refractivity contribution in [3.63, 3.8) is 0 Å². The largest absolute Gasteiger partial charge is 0.497 e. The van der Waals surface area contributed by atoms with E-state index in [4.69, 9.17) is 4.74 Å². The molecule has 0 aliphatic carbocycles. The molecule has 2 N–H and O–H groups in total. The van der Waals surface area contributed by atoms with E-state index in [0.29, 0.717) is 12.3 Å². The van der Waals surface area contributed by atoms with Crippen LogP contribution in [0.5, 0.6) is 5.75 Å². The zero-order valence-corrected chi connectivity index (χ0v) is 20.3. The van der Waals surface area contributed by atoms with E-state index in [0.717, 1.165) is 67.5 Å². The summed E-state index contributed by atoms with van der Waals surface area (Å²) in [6, 6.07) is 11.6. The van der Waals surface area contributed by atoms with Crippen molar-refractivity contribution in [1.29, 1.82) is 0 Å². The number of piperidine rings is 1. The van der Waals surface area contributed by atoms with Crippen LogP contribution in [0.3, 0.4) is 0 Å². The number of carboxylic acids is 1. The van der Waals surface area contributed by atoms with E-state index in [2.05, 4.69) is 14.9 Å². The fourth-order valence-corrected chi connectivity index (χ4v) is 5.34. The van der Waals surface area contributed by atoms with Crippen LogP contribution in [-0.4, -0.2) is 57.8 Å². The van der Waals surface area contributed by atoms with E-state index in [9.17, 15) is 15.0 Å². The van der Waals surface area contributed by atoms with Crippen molar-refractivity contribution in [1.82, 2.24) is 14.9 Å². The number of aromatic nitrogens is 2. The van der Waals surface area contributed by atoms with Crippen LogP contribution in [0.15, 0.2) is 55.0 Å². The molecule has 3 heterocycles. The molecule has 3 atom stereocenters. The van der Waals surface area contributed by atoms with Crippen LogP contribution in [0.25, 0.3) is 10.9 Å². The topological polar surface area (TPSA) is 95.8 Å². The Hall–Kier alpha value is -3.03. The summed E-state index contributed by atoms with van der Waals surface area (Å²) in [6.07, 6.45) is 9.34. The van der Waals surface area contributed by atoms with Crippen LogP contribution in [0, 0.1) is 11.8 Å². The molecule has 0 amide bonds. The normalized spacial score (nSPS) is 19.5. The van der Waals surface area contributed by atoms with Gasteiger partial charge in [0.05, 0.1) is 18.7 Å². The number of fused-ring (bicyclic) bond motifs is 1. The smallest absolute Gasteiger partial charge is 0.303 e. The Balaban J connectivity index is 1.35. The first-order valence-corrected chi connectivity index (χ1v) is 12.5. The monoisotopic (exact) mass is 477 g/mol. The zero-order valence-electron chi connectivity index (χ0n) is 20.3. The van der Waals surface area contributed by atoms with Gasteiger partial charge in [-0.2, -0.15) is 0 Å². The summed E-state index contributed by atoms with van der Waals surface area (Å²) in [7, 11) is 1.63. The maximum atomic E-state index is 11.6. The molecule has 35 heavy (non-hydrogen) atoms. The van der Waals surface area contributed by atoms with Crippen LogP contribution in [0.1, 0.15) is 49.3 Å². The summed E-state index contributed by atoms with van der Waals surface area (Å²) in [5.41, 5.74) is 2.95. The van der Waals surface area contributed by atoms with Crippen molar-refractivity contribution >= 4 is 16.9 Å². The van der Waals surface area contributed by atoms with E-state index in [1.54, 1.807) is 13.3 Å². The number of aryl methyl sites for hydroxylation is 1. The van der Waals surface area contributed by atoms with Crippen molar-refractivity contribution in [2.75, 3.05) is 26.7 Å². The molecule has 1 saturated heterocycles. The Kier molecular flexibility index (Phi) is 8.66. The molecule has 4 rings (SSSR count). The molecule has 1 aliphatic heterocycles. The minimum atomic E-state index is -0.744. The number of nitrogens with zero attached hydrogens (tertiary/aromatic N) is 3. The number of rotatable bonds is 11. The number of likely N-dealkylation sites (tertiary alicyclic amines) is 1. The van der Waals surface area contributed by atoms with Crippen LogP contribution in [0.2, 0.25) is 0 Å². The van der Waals surface area contributed by atoms with Gasteiger partial charge in [-0.25, -0.2) is 0 Å². The SMILES string of the molecule is COc1ccc2nccc([C@@H](O)CC[C@@H]3CCN(CCCc4ccncc4)C[C@@H]3CC(=O)O)c2c1. The highest BCUT2D eigenvalue weighted by Gasteiger charge is 2.31. The van der Waals surface area contributed by atoms with Crippen LogP contribution in [0.4, 0.5) is 0 Å². The second-order valence-corrected chi connectivity index (χ2v) is 9.54. The Morgan fingerprint density at radius 1 is 1.17 bits per heavy atom. The van der Waals surface area contributed by atoms with Gasteiger partial charge < -0.3 is 19.8 Å². The van der Waals surface area contributed by atoms with Crippen LogP contribution >= 0.6 is 0 Å². The maximum Gasteiger partial charge on any atom is 0.303 e. The lowest BCUT2D eigenvalue weighted by Gasteiger charge is -2.38. The van der Waals surface area contributed by atoms with Crippen molar-refractivity contribution < 1.29 is 19.7 Å². The number of pyridine rings is 2. The van der Waals surface area contributed by atoms with Gasteiger partial charge in [-0.1, -0.05) is 0 Å². The third-order valence-corrected chi connectivity index (χ3v) is 7.25. The average molecular weight is 478 g/mol. The quantitative estimate of drug-likeness (QED) is 0.420. The second kappa shape index (κ2) is 12.1. The number of methoxy groups -OCH3 is 1. The molecule has 0 saturated carbocycles. The number of carbonyl (C=O) groups is 1. The predicted molar refractivity (Wildman–Crippen MR) is 135 cm³/mol. The van der Waals surface area contributed by atoms with Gasteiger partial charge in [-0.15, -0.1) is 0 Å². The molecular formula is C28H35N3O4. The van der Waals surface area contributed by atoms with Crippen molar-refractivity contribution in [2.45, 2.75) is 44.6 Å². The Labute approximate surface area is 206 Å². The molecule has 0 spiro atoms. The minimum Gasteiger partial charge on any atom is -0.497 e. The second-order valence-electron chi connectivity index (χ2n) is 9.54. The van der Waals surface area contributed by atoms with Gasteiger partial charge >= 0.3 is 5.97 Å². The highest BCUT2D eigenvalue weighted by Crippen LogP contribution is 2.34. The molecule has 0 bridgehead atoms. The number of ether oxygens (including phenoxy) is 1. The van der Waals surface area contributed by atoms with E-state index in [1.807, 2.05) is 48.8 Å². The lowest BCUT2D eigenvalue weighted by Crippen LogP contribution is -2.42. The fourth-order valence-electron chi connectivity index (χ4n) is 5.34. The summed E-state index contributed by atoms with van der Waals surface area (Å²) in [5.74, 6) is 0.381. The molecule has 3 aromatic rings. The van der Waals surface area contributed by atoms with Gasteiger partial charge in [0.2, 0.25) is 0 Å². The Bertz CT molecular complexity index is 1110. The zero-order chi connectivity index (χ0) is 24.6. The molecule has 186 valence electrons. The molecule has 0 unspecified atom stereocenters. The molecule has 7 heteroatoms. The maximum absolute atomic E-state index is 11.6. The lowest BCUT2D eigenvalue weighted by molar-refractivity contribution is -0.139. The van der Waals surface area contributed by atoms with Crippen molar-refractivity contribution in [3.05, 3.63) is 66.1 Å². The van der Waals surface area contributed by atoms with Crippen molar-refractivity contribution in [3.8, 4) is 5.75 Å². The summed E-state index contributed by atoms with van der Waals surface area (Å²) >= 11 is 0. The molecular weight excluding hydrogens is 442 g/mol. The van der Waals surface area contributed by atoms with Gasteiger partial charge in [0.25, 0.3) is 0 Å². The molecule has 1 aromatic carbocycles. The van der Waals surface area contributed by atoms with Gasteiger partial charge in [0.15, 0.2) is 0 Å². The first kappa shape index (κ1) is 25.1. The third-order valence-electron chi connectivity index (χ3n) is 7.25. The van der Waals surface area contributed by atoms with E-state index < -0.39 is 12.1 Å². The van der Waals surface area contributed by atoms with Gasteiger partial charge in [-0.3, -0.25) is 14.8 Å². The third kappa shape index (κ3) is 6.77. The predicted octanol–water partition coefficient (Wildman–Crippen LogP) is 4.50. The Morgan fingerprint density at radius 2 is 2.00 bits per heavy atom. The summed E-state index contributed by atoms with van der Waals surface area (Å²) in [6.45, 7) is 2.75.